The molecule has 3 heteroatoms. The molecule has 0 aromatic heterocycles. The number of anilines is 1. The molecule has 0 saturated heterocycles. The number of nitrogens with one attached hydrogen (secondary N) is 2. The van der Waals surface area contributed by atoms with Crippen LogP contribution in [0.4, 0.5) is 5.69 Å². The third kappa shape index (κ3) is 2.43. The van der Waals surface area contributed by atoms with Crippen LogP contribution in [-0.2, 0) is 11.3 Å². The molecule has 1 aliphatic heterocycles. The number of carbonyl (C=O) groups is 1. The van der Waals surface area contributed by atoms with Gasteiger partial charge in [-0.15, -0.1) is 0 Å². The molecule has 2 aromatic carbocycles. The van der Waals surface area contributed by atoms with Gasteiger partial charge in [-0.1, -0.05) is 48.0 Å². The highest BCUT2D eigenvalue weighted by Gasteiger charge is 2.22. The van der Waals surface area contributed by atoms with Crippen molar-refractivity contribution in [3.63, 3.8) is 0 Å². The Hall–Kier alpha value is -2.55. The van der Waals surface area contributed by atoms with E-state index >= 15 is 0 Å². The van der Waals surface area contributed by atoms with Gasteiger partial charge in [0.05, 0.1) is 5.57 Å². The van der Waals surface area contributed by atoms with Crippen LogP contribution >= 0.6 is 0 Å². The average Bonchev–Trinajstić information content (AvgIpc) is 2.77. The van der Waals surface area contributed by atoms with Gasteiger partial charge >= 0.3 is 0 Å². The van der Waals surface area contributed by atoms with E-state index in [1.807, 2.05) is 24.3 Å². The van der Waals surface area contributed by atoms with Crippen LogP contribution in [0.3, 0.4) is 0 Å². The van der Waals surface area contributed by atoms with Crippen molar-refractivity contribution in [2.75, 3.05) is 5.32 Å². The van der Waals surface area contributed by atoms with Gasteiger partial charge in [0.1, 0.15) is 0 Å². The van der Waals surface area contributed by atoms with Crippen LogP contribution in [0.15, 0.2) is 54.7 Å². The van der Waals surface area contributed by atoms with Gasteiger partial charge in [-0.05, 0) is 18.6 Å². The second-order valence-corrected chi connectivity index (χ2v) is 4.92. The Morgan fingerprint density at radius 3 is 2.65 bits per heavy atom. The summed E-state index contributed by atoms with van der Waals surface area (Å²) in [5.41, 5.74) is 4.96. The molecule has 1 amide bonds. The first-order valence-electron chi connectivity index (χ1n) is 6.64. The van der Waals surface area contributed by atoms with Crippen molar-refractivity contribution in [2.24, 2.45) is 0 Å². The van der Waals surface area contributed by atoms with E-state index in [1.165, 1.54) is 11.1 Å². The zero-order chi connectivity index (χ0) is 13.9. The molecular formula is C17H16N2O. The summed E-state index contributed by atoms with van der Waals surface area (Å²) >= 11 is 0. The number of fused-ring (bicyclic) bond motifs is 1. The highest BCUT2D eigenvalue weighted by atomic mass is 16.2. The fourth-order valence-electron chi connectivity index (χ4n) is 2.26. The molecule has 0 bridgehead atoms. The topological polar surface area (TPSA) is 41.1 Å². The van der Waals surface area contributed by atoms with Crippen molar-refractivity contribution >= 4 is 17.2 Å². The molecule has 3 nitrogen and oxygen atoms in total. The zero-order valence-corrected chi connectivity index (χ0v) is 11.3. The van der Waals surface area contributed by atoms with Crippen LogP contribution in [0.1, 0.15) is 16.7 Å². The van der Waals surface area contributed by atoms with Crippen molar-refractivity contribution in [3.8, 4) is 0 Å². The summed E-state index contributed by atoms with van der Waals surface area (Å²) < 4.78 is 0. The van der Waals surface area contributed by atoms with Gasteiger partial charge in [0, 0.05) is 24.0 Å². The molecule has 2 N–H and O–H groups in total. The van der Waals surface area contributed by atoms with Gasteiger partial charge in [0.15, 0.2) is 0 Å². The highest BCUT2D eigenvalue weighted by molar-refractivity contribution is 6.31. The number of hydrogen-bond acceptors (Lipinski definition) is 2. The number of benzene rings is 2. The predicted molar refractivity (Wildman–Crippen MR) is 81.1 cm³/mol. The number of hydrogen-bond donors (Lipinski definition) is 2. The quantitative estimate of drug-likeness (QED) is 0.836. The largest absolute Gasteiger partial charge is 0.386 e. The second-order valence-electron chi connectivity index (χ2n) is 4.92. The maximum atomic E-state index is 11.9. The van der Waals surface area contributed by atoms with Crippen LogP contribution < -0.4 is 10.6 Å². The summed E-state index contributed by atoms with van der Waals surface area (Å²) in [5.74, 6) is -0.0531. The van der Waals surface area contributed by atoms with Crippen molar-refractivity contribution in [1.82, 2.24) is 5.32 Å². The summed E-state index contributed by atoms with van der Waals surface area (Å²) in [6.07, 6.45) is 1.79. The van der Waals surface area contributed by atoms with Crippen LogP contribution in [0.5, 0.6) is 0 Å². The molecule has 20 heavy (non-hydrogen) atoms. The lowest BCUT2D eigenvalue weighted by Gasteiger charge is -2.03. The number of amides is 1. The van der Waals surface area contributed by atoms with Crippen LogP contribution in [0.25, 0.3) is 5.57 Å². The van der Waals surface area contributed by atoms with Gasteiger partial charge in [-0.3, -0.25) is 4.79 Å². The number of aryl methyl sites for hydroxylation is 1. The third-order valence-corrected chi connectivity index (χ3v) is 3.38. The van der Waals surface area contributed by atoms with Crippen molar-refractivity contribution in [1.29, 1.82) is 0 Å². The standard InChI is InChI=1S/C17H16N2O/c1-12-6-8-13(9-7-12)10-18-11-15-14-4-2-3-5-16(14)19-17(15)20/h2-9,11,18H,10H2,1H3,(H,19,20)/b15-11-. The number of rotatable bonds is 3. The van der Waals surface area contributed by atoms with Gasteiger partial charge in [0.25, 0.3) is 5.91 Å². The summed E-state index contributed by atoms with van der Waals surface area (Å²) in [5, 5.41) is 6.07. The van der Waals surface area contributed by atoms with E-state index in [4.69, 9.17) is 0 Å². The van der Waals surface area contributed by atoms with Crippen LogP contribution in [0, 0.1) is 6.92 Å². The first-order valence-corrected chi connectivity index (χ1v) is 6.64. The van der Waals surface area contributed by atoms with Crippen LogP contribution in [-0.4, -0.2) is 5.91 Å². The molecule has 0 fully saturated rings. The molecule has 1 heterocycles. The minimum Gasteiger partial charge on any atom is -0.386 e. The number of para-hydroxylation sites is 1. The SMILES string of the molecule is Cc1ccc(CN/C=C2\C(=O)Nc3ccccc32)cc1. The predicted octanol–water partition coefficient (Wildman–Crippen LogP) is 3.08. The Labute approximate surface area is 118 Å². The first-order chi connectivity index (χ1) is 9.74. The summed E-state index contributed by atoms with van der Waals surface area (Å²) in [6, 6.07) is 16.1. The lowest BCUT2D eigenvalue weighted by molar-refractivity contribution is -0.110. The third-order valence-electron chi connectivity index (χ3n) is 3.38. The van der Waals surface area contributed by atoms with E-state index in [0.29, 0.717) is 12.1 Å². The first kappa shape index (κ1) is 12.5. The van der Waals surface area contributed by atoms with Gasteiger partial charge in [-0.25, -0.2) is 0 Å². The van der Waals surface area contributed by atoms with E-state index in [-0.39, 0.29) is 5.91 Å². The zero-order valence-electron chi connectivity index (χ0n) is 11.3. The van der Waals surface area contributed by atoms with Crippen LogP contribution in [0.2, 0.25) is 0 Å². The highest BCUT2D eigenvalue weighted by Crippen LogP contribution is 2.30. The molecule has 3 rings (SSSR count). The Balaban J connectivity index is 1.73. The van der Waals surface area contributed by atoms with E-state index in [9.17, 15) is 4.79 Å². The van der Waals surface area contributed by atoms with Gasteiger partial charge in [-0.2, -0.15) is 0 Å². The lowest BCUT2D eigenvalue weighted by atomic mass is 10.1. The van der Waals surface area contributed by atoms with Crippen molar-refractivity contribution in [2.45, 2.75) is 13.5 Å². The molecule has 100 valence electrons. The fourth-order valence-corrected chi connectivity index (χ4v) is 2.26. The molecule has 0 atom stereocenters. The normalized spacial score (nSPS) is 15.1. The monoisotopic (exact) mass is 264 g/mol. The minimum absolute atomic E-state index is 0.0531. The Bertz CT molecular complexity index is 672. The maximum absolute atomic E-state index is 11.9. The van der Waals surface area contributed by atoms with E-state index in [2.05, 4.69) is 41.8 Å². The Morgan fingerprint density at radius 1 is 1.10 bits per heavy atom. The molecule has 1 aliphatic rings. The van der Waals surface area contributed by atoms with Gasteiger partial charge in [0.2, 0.25) is 0 Å². The van der Waals surface area contributed by atoms with E-state index < -0.39 is 0 Å². The fraction of sp³-hybridized carbons (Fsp3) is 0.118. The Kier molecular flexibility index (Phi) is 3.25. The van der Waals surface area contributed by atoms with E-state index in [1.54, 1.807) is 6.20 Å². The lowest BCUT2D eigenvalue weighted by Crippen LogP contribution is -2.10. The summed E-state index contributed by atoms with van der Waals surface area (Å²) in [7, 11) is 0. The molecule has 0 unspecified atom stereocenters. The van der Waals surface area contributed by atoms with Crippen molar-refractivity contribution < 1.29 is 4.79 Å². The Morgan fingerprint density at radius 2 is 1.85 bits per heavy atom. The summed E-state index contributed by atoms with van der Waals surface area (Å²) in [4.78, 5) is 11.9. The molecule has 0 radical (unpaired) electrons. The second kappa shape index (κ2) is 5.21. The number of carbonyl (C=O) groups excluding carboxylic acids is 1. The van der Waals surface area contributed by atoms with E-state index in [0.717, 1.165) is 11.3 Å². The smallest absolute Gasteiger partial charge is 0.257 e. The molecule has 0 aliphatic carbocycles. The maximum Gasteiger partial charge on any atom is 0.257 e. The van der Waals surface area contributed by atoms with Gasteiger partial charge < -0.3 is 10.6 Å². The molecule has 2 aromatic rings. The van der Waals surface area contributed by atoms with Crippen molar-refractivity contribution in [3.05, 3.63) is 71.4 Å². The average molecular weight is 264 g/mol. The molecule has 0 saturated carbocycles. The molecular weight excluding hydrogens is 248 g/mol. The minimum atomic E-state index is -0.0531. The summed E-state index contributed by atoms with van der Waals surface area (Å²) in [6.45, 7) is 2.78. The molecule has 0 spiro atoms.